The van der Waals surface area contributed by atoms with Gasteiger partial charge in [0, 0.05) is 6.54 Å². The summed E-state index contributed by atoms with van der Waals surface area (Å²) < 4.78 is 22.2. The van der Waals surface area contributed by atoms with Gasteiger partial charge < -0.3 is 93.2 Å². The van der Waals surface area contributed by atoms with Gasteiger partial charge in [0.05, 0.1) is 30.8 Å². The Labute approximate surface area is 234 Å². The fourth-order valence-electron chi connectivity index (χ4n) is 5.07. The van der Waals surface area contributed by atoms with E-state index in [9.17, 15) is 50.8 Å². The van der Waals surface area contributed by atoms with Gasteiger partial charge in [-0.05, 0) is 13.0 Å². The number of hydrogen-bond donors (Lipinski definition) is 14. The van der Waals surface area contributed by atoms with Crippen LogP contribution >= 0.6 is 0 Å². The average molecular weight is 602 g/mol. The zero-order chi connectivity index (χ0) is 30.8. The van der Waals surface area contributed by atoms with Crippen LogP contribution in [0.15, 0.2) is 0 Å². The Balaban J connectivity index is 1.90. The summed E-state index contributed by atoms with van der Waals surface area (Å²) in [5.41, 5.74) is 22.9. The molecule has 240 valence electrons. The average Bonchev–Trinajstić information content (AvgIpc) is 2.95. The van der Waals surface area contributed by atoms with Crippen molar-refractivity contribution in [3.05, 3.63) is 0 Å². The van der Waals surface area contributed by atoms with E-state index in [0.717, 1.165) is 0 Å². The first-order chi connectivity index (χ1) is 19.3. The van der Waals surface area contributed by atoms with Gasteiger partial charge in [0.15, 0.2) is 12.6 Å². The number of hydrogen-bond acceptors (Lipinski definition) is 18. The maximum absolute atomic E-state index is 12.6. The summed E-state index contributed by atoms with van der Waals surface area (Å²) >= 11 is 0. The van der Waals surface area contributed by atoms with Gasteiger partial charge in [-0.15, -0.1) is 0 Å². The van der Waals surface area contributed by atoms with Crippen LogP contribution in [0.5, 0.6) is 0 Å². The molecule has 2 heterocycles. The summed E-state index contributed by atoms with van der Waals surface area (Å²) in [6, 6.07) is -4.48. The molecule has 17 atom stereocenters. The van der Waals surface area contributed by atoms with Crippen LogP contribution in [0, 0.1) is 0 Å². The predicted octanol–water partition coefficient (Wildman–Crippen LogP) is -9.45. The summed E-state index contributed by atoms with van der Waals surface area (Å²) in [6.07, 6.45) is -23.1. The van der Waals surface area contributed by atoms with Crippen molar-refractivity contribution in [2.24, 2.45) is 22.9 Å². The van der Waals surface area contributed by atoms with Crippen LogP contribution in [0.2, 0.25) is 0 Å². The quantitative estimate of drug-likeness (QED) is 0.110. The molecule has 19 heteroatoms. The first kappa shape index (κ1) is 34.3. The summed E-state index contributed by atoms with van der Waals surface area (Å²) in [7, 11) is 0. The predicted molar refractivity (Wildman–Crippen MR) is 133 cm³/mol. The topological polar surface area (TPSA) is 352 Å². The van der Waals surface area contributed by atoms with Gasteiger partial charge >= 0.3 is 0 Å². The maximum Gasteiger partial charge on any atom is 0.249 e. The van der Waals surface area contributed by atoms with Crippen LogP contribution in [0.1, 0.15) is 6.42 Å². The van der Waals surface area contributed by atoms with Crippen molar-refractivity contribution in [1.82, 2.24) is 5.32 Å². The first-order valence-corrected chi connectivity index (χ1v) is 13.2. The molecule has 0 bridgehead atoms. The van der Waals surface area contributed by atoms with E-state index in [1.165, 1.54) is 0 Å². The second-order valence-corrected chi connectivity index (χ2v) is 10.4. The van der Waals surface area contributed by atoms with Crippen molar-refractivity contribution in [2.45, 2.75) is 110 Å². The normalized spacial score (nSPS) is 48.0. The Morgan fingerprint density at radius 1 is 0.756 bits per heavy atom. The van der Waals surface area contributed by atoms with Crippen LogP contribution in [0.4, 0.5) is 0 Å². The fraction of sp³-hybridized carbons (Fsp3) is 0.955. The molecule has 18 N–H and O–H groups in total. The maximum atomic E-state index is 12.6. The molecule has 0 aromatic rings. The van der Waals surface area contributed by atoms with Gasteiger partial charge in [-0.25, -0.2) is 0 Å². The first-order valence-electron chi connectivity index (χ1n) is 13.2. The van der Waals surface area contributed by atoms with Crippen LogP contribution in [-0.2, 0) is 23.7 Å². The molecule has 1 aliphatic carbocycles. The van der Waals surface area contributed by atoms with Gasteiger partial charge in [-0.2, -0.15) is 0 Å². The van der Waals surface area contributed by atoms with E-state index >= 15 is 0 Å². The van der Waals surface area contributed by atoms with Crippen molar-refractivity contribution < 1.29 is 69.7 Å². The van der Waals surface area contributed by atoms with E-state index in [1.54, 1.807) is 0 Å². The van der Waals surface area contributed by atoms with Gasteiger partial charge in [-0.1, -0.05) is 0 Å². The highest BCUT2D eigenvalue weighted by atomic mass is 16.7. The number of amides is 1. The molecule has 3 rings (SSSR count). The molecular formula is C22H43N5O14. The largest absolute Gasteiger partial charge is 0.394 e. The van der Waals surface area contributed by atoms with Gasteiger partial charge in [0.1, 0.15) is 67.1 Å². The van der Waals surface area contributed by atoms with E-state index < -0.39 is 116 Å². The number of carbonyl (C=O) groups is 1. The molecule has 2 saturated heterocycles. The molecule has 1 amide bonds. The Kier molecular flexibility index (Phi) is 12.1. The molecule has 0 aromatic carbocycles. The summed E-state index contributed by atoms with van der Waals surface area (Å²) in [5, 5.41) is 95.8. The Bertz CT molecular complexity index is 846. The molecule has 41 heavy (non-hydrogen) atoms. The smallest absolute Gasteiger partial charge is 0.249 e. The minimum absolute atomic E-state index is 0.0568. The number of ether oxygens (including phenoxy) is 4. The molecule has 3 fully saturated rings. The number of nitrogens with two attached hydrogens (primary N) is 4. The Morgan fingerprint density at radius 2 is 1.34 bits per heavy atom. The zero-order valence-corrected chi connectivity index (χ0v) is 22.0. The van der Waals surface area contributed by atoms with Gasteiger partial charge in [0.2, 0.25) is 5.91 Å². The third-order valence-corrected chi connectivity index (χ3v) is 7.64. The standard InChI is InChI=1S/C22H43N5O14/c23-2-1-5(29)20(37)27-10-13(32)9(26)18(40-22-16(35)15(34)12(31)6(3-24)38-22)17(36)19(10)41-21-14(33)8(25)11(30)7(4-28)39-21/h5-19,21-22,28-36H,1-4,23-26H2,(H,27,37)/t5-,6+,7+,8-,9-,10+,11+,12+,13?,14+,15-,16+,17-,18+,19-,21+,22+/m0/s1. The number of nitrogens with one attached hydrogen (secondary N) is 1. The summed E-state index contributed by atoms with van der Waals surface area (Å²) in [6.45, 7) is -1.07. The van der Waals surface area contributed by atoms with Crippen LogP contribution in [0.3, 0.4) is 0 Å². The highest BCUT2D eigenvalue weighted by molar-refractivity contribution is 5.81. The molecule has 0 spiro atoms. The molecular weight excluding hydrogens is 558 g/mol. The lowest BCUT2D eigenvalue weighted by atomic mass is 9.81. The van der Waals surface area contributed by atoms with Crippen molar-refractivity contribution >= 4 is 5.91 Å². The monoisotopic (exact) mass is 601 g/mol. The summed E-state index contributed by atoms with van der Waals surface area (Å²) in [5.74, 6) is -1.01. The summed E-state index contributed by atoms with van der Waals surface area (Å²) in [4.78, 5) is 12.6. The fourth-order valence-corrected chi connectivity index (χ4v) is 5.07. The van der Waals surface area contributed by atoms with Crippen LogP contribution in [-0.4, -0.2) is 176 Å². The van der Waals surface area contributed by atoms with E-state index in [-0.39, 0.29) is 19.5 Å². The third-order valence-electron chi connectivity index (χ3n) is 7.64. The second-order valence-electron chi connectivity index (χ2n) is 10.4. The lowest BCUT2D eigenvalue weighted by Crippen LogP contribution is -2.74. The molecule has 19 nitrogen and oxygen atoms in total. The number of aliphatic hydroxyl groups is 9. The van der Waals surface area contributed by atoms with Crippen molar-refractivity contribution in [1.29, 1.82) is 0 Å². The zero-order valence-electron chi connectivity index (χ0n) is 22.0. The lowest BCUT2D eigenvalue weighted by molar-refractivity contribution is -0.337. The minimum atomic E-state index is -1.90. The molecule has 0 aromatic heterocycles. The van der Waals surface area contributed by atoms with Crippen LogP contribution < -0.4 is 28.3 Å². The molecule has 1 saturated carbocycles. The number of rotatable bonds is 10. The Morgan fingerprint density at radius 3 is 1.93 bits per heavy atom. The van der Waals surface area contributed by atoms with Crippen molar-refractivity contribution in [3.63, 3.8) is 0 Å². The molecule has 0 radical (unpaired) electrons. The SMILES string of the molecule is NCC[C@H](O)C(=O)N[C@@H]1C(O)[C@H](N)[C@@H](O[C@H]2O[C@H](CN)[C@@H](O)[C@H](O)[C@H]2O)[C@H](O)[C@H]1O[C@H]1O[C@H](CO)[C@@H](O)[C@H](N)[C@H]1O. The molecule has 3 aliphatic rings. The number of aliphatic hydroxyl groups excluding tert-OH is 9. The van der Waals surface area contributed by atoms with E-state index in [4.69, 9.17) is 41.9 Å². The third kappa shape index (κ3) is 7.13. The van der Waals surface area contributed by atoms with Gasteiger partial charge in [0.25, 0.3) is 0 Å². The van der Waals surface area contributed by atoms with E-state index in [2.05, 4.69) is 5.32 Å². The van der Waals surface area contributed by atoms with Crippen molar-refractivity contribution in [3.8, 4) is 0 Å². The minimum Gasteiger partial charge on any atom is -0.394 e. The van der Waals surface area contributed by atoms with Crippen LogP contribution in [0.25, 0.3) is 0 Å². The van der Waals surface area contributed by atoms with Crippen molar-refractivity contribution in [2.75, 3.05) is 19.7 Å². The highest BCUT2D eigenvalue weighted by Crippen LogP contribution is 2.32. The Hall–Kier alpha value is -1.21. The van der Waals surface area contributed by atoms with E-state index in [0.29, 0.717) is 0 Å². The molecule has 1 unspecified atom stereocenters. The highest BCUT2D eigenvalue weighted by Gasteiger charge is 2.55. The number of carbonyl (C=O) groups excluding carboxylic acids is 1. The second kappa shape index (κ2) is 14.5. The molecule has 2 aliphatic heterocycles. The van der Waals surface area contributed by atoms with Gasteiger partial charge in [-0.3, -0.25) is 4.79 Å². The lowest BCUT2D eigenvalue weighted by Gasteiger charge is -2.50. The van der Waals surface area contributed by atoms with E-state index in [1.807, 2.05) is 0 Å².